The van der Waals surface area contributed by atoms with Crippen molar-refractivity contribution in [2.24, 2.45) is 22.9 Å². The van der Waals surface area contributed by atoms with Crippen molar-refractivity contribution in [1.82, 2.24) is 0 Å². The number of hydrogen-bond acceptors (Lipinski definition) is 7. The molecule has 0 aromatic heterocycles. The van der Waals surface area contributed by atoms with Crippen LogP contribution in [-0.4, -0.2) is 52.5 Å². The number of azide groups is 1. The van der Waals surface area contributed by atoms with Crippen molar-refractivity contribution in [2.75, 3.05) is 20.3 Å². The molecule has 0 unspecified atom stereocenters. The van der Waals surface area contributed by atoms with Gasteiger partial charge in [0, 0.05) is 24.3 Å². The lowest BCUT2D eigenvalue weighted by Crippen LogP contribution is -2.44. The number of ether oxygens (including phenoxy) is 3. The van der Waals surface area contributed by atoms with E-state index < -0.39 is 14.4 Å². The zero-order valence-corrected chi connectivity index (χ0v) is 28.0. The van der Waals surface area contributed by atoms with Crippen LogP contribution in [0.15, 0.2) is 41.5 Å². The van der Waals surface area contributed by atoms with Gasteiger partial charge < -0.3 is 18.6 Å². The van der Waals surface area contributed by atoms with Gasteiger partial charge in [0.05, 0.1) is 32.5 Å². The maximum Gasteiger partial charge on any atom is 0.302 e. The Kier molecular flexibility index (Phi) is 18.1. The van der Waals surface area contributed by atoms with E-state index in [1.165, 1.54) is 6.92 Å². The predicted molar refractivity (Wildman–Crippen MR) is 170 cm³/mol. The number of carbonyl (C=O) groups is 2. The summed E-state index contributed by atoms with van der Waals surface area (Å²) in [6, 6.07) is 10.7. The molecule has 5 atom stereocenters. The van der Waals surface area contributed by atoms with Gasteiger partial charge in [-0.25, -0.2) is 0 Å². The lowest BCUT2D eigenvalue weighted by molar-refractivity contribution is -0.141. The van der Waals surface area contributed by atoms with E-state index in [-0.39, 0.29) is 35.6 Å². The maximum absolute atomic E-state index is 13.2. The van der Waals surface area contributed by atoms with Crippen LogP contribution in [0.5, 0.6) is 5.75 Å². The molecule has 0 aliphatic rings. The van der Waals surface area contributed by atoms with Gasteiger partial charge in [-0.3, -0.25) is 9.59 Å². The van der Waals surface area contributed by atoms with Crippen molar-refractivity contribution in [3.8, 4) is 5.75 Å². The zero-order valence-electron chi connectivity index (χ0n) is 27.0. The standard InChI is InChI=1S/C32H53N3O6Si/c1-9-42(10-2,11-3)41-31(17-16-30(37)26(6)20-25(5)22-34-35-33)32(21-24(4)18-19-39-27(7)36)40-23-28-12-14-29(38-8)15-13-28/h12-17,24-26,31-32H,9-11,18-23H2,1-8H3/b17-16+/t24-,25-,26+,31+,32-/m0/s1. The second-order valence-electron chi connectivity index (χ2n) is 11.4. The van der Waals surface area contributed by atoms with E-state index in [4.69, 9.17) is 24.2 Å². The minimum absolute atomic E-state index is 0.0185. The molecular formula is C32H53N3O6Si. The molecule has 1 aromatic carbocycles. The summed E-state index contributed by atoms with van der Waals surface area (Å²) in [6.07, 6.45) is 4.87. The fraction of sp³-hybridized carbons (Fsp3) is 0.688. The molecule has 10 heteroatoms. The van der Waals surface area contributed by atoms with Gasteiger partial charge in [0.1, 0.15) is 5.75 Å². The molecule has 0 fully saturated rings. The van der Waals surface area contributed by atoms with Crippen molar-refractivity contribution in [1.29, 1.82) is 0 Å². The number of hydrogen-bond donors (Lipinski definition) is 0. The first kappa shape index (κ1) is 37.4. The van der Waals surface area contributed by atoms with Crippen molar-refractivity contribution in [3.63, 3.8) is 0 Å². The molecule has 0 saturated heterocycles. The lowest BCUT2D eigenvalue weighted by atomic mass is 9.93. The molecule has 1 aromatic rings. The summed E-state index contributed by atoms with van der Waals surface area (Å²) in [5.74, 6) is 0.609. The Hall–Kier alpha value is -2.65. The van der Waals surface area contributed by atoms with E-state index in [0.717, 1.165) is 29.4 Å². The predicted octanol–water partition coefficient (Wildman–Crippen LogP) is 8.05. The number of nitrogens with zero attached hydrogens (tertiary/aromatic N) is 3. The van der Waals surface area contributed by atoms with E-state index >= 15 is 0 Å². The van der Waals surface area contributed by atoms with Crippen LogP contribution in [0, 0.1) is 17.8 Å². The molecule has 0 amide bonds. The Morgan fingerprint density at radius 2 is 1.67 bits per heavy atom. The SMILES string of the molecule is CC[Si](CC)(CC)O[C@H](/C=C/C(=O)[C@H](C)C[C@H](C)CN=[N+]=[N-])[C@H](C[C@@H](C)CCOC(C)=O)OCc1ccc(OC)cc1. The van der Waals surface area contributed by atoms with Crippen molar-refractivity contribution in [3.05, 3.63) is 52.4 Å². The highest BCUT2D eigenvalue weighted by Crippen LogP contribution is 2.29. The third-order valence-electron chi connectivity index (χ3n) is 8.01. The van der Waals surface area contributed by atoms with Crippen LogP contribution in [-0.2, 0) is 30.1 Å². The average molecular weight is 604 g/mol. The van der Waals surface area contributed by atoms with Crippen molar-refractivity contribution >= 4 is 20.1 Å². The van der Waals surface area contributed by atoms with Gasteiger partial charge in [-0.2, -0.15) is 0 Å². The van der Waals surface area contributed by atoms with Gasteiger partial charge >= 0.3 is 5.97 Å². The second kappa shape index (κ2) is 20.3. The van der Waals surface area contributed by atoms with Crippen LogP contribution >= 0.6 is 0 Å². The maximum atomic E-state index is 13.2. The van der Waals surface area contributed by atoms with E-state index in [2.05, 4.69) is 37.7 Å². The molecule has 236 valence electrons. The number of benzene rings is 1. The zero-order chi connectivity index (χ0) is 31.5. The molecule has 0 radical (unpaired) electrons. The van der Waals surface area contributed by atoms with Gasteiger partial charge in [0.25, 0.3) is 0 Å². The molecule has 42 heavy (non-hydrogen) atoms. The first-order valence-electron chi connectivity index (χ1n) is 15.3. The van der Waals surface area contributed by atoms with Crippen LogP contribution < -0.4 is 4.74 Å². The molecule has 0 N–H and O–H groups in total. The number of allylic oxidation sites excluding steroid dienone is 1. The van der Waals surface area contributed by atoms with Crippen molar-refractivity contribution < 1.29 is 28.2 Å². The Morgan fingerprint density at radius 1 is 1.02 bits per heavy atom. The normalized spacial score (nSPS) is 15.3. The first-order valence-corrected chi connectivity index (χ1v) is 17.8. The molecule has 0 aliphatic carbocycles. The number of methoxy groups -OCH3 is 1. The van der Waals surface area contributed by atoms with E-state index in [0.29, 0.717) is 39.0 Å². The number of carbonyl (C=O) groups excluding carboxylic acids is 2. The van der Waals surface area contributed by atoms with Gasteiger partial charge in [-0.05, 0) is 78.5 Å². The second-order valence-corrected chi connectivity index (χ2v) is 16.1. The van der Waals surface area contributed by atoms with Gasteiger partial charge in [-0.15, -0.1) is 0 Å². The minimum Gasteiger partial charge on any atom is -0.497 e. The Balaban J connectivity index is 3.29. The Bertz CT molecular complexity index is 1000. The highest BCUT2D eigenvalue weighted by molar-refractivity contribution is 6.73. The first-order chi connectivity index (χ1) is 20.0. The molecule has 0 bridgehead atoms. The van der Waals surface area contributed by atoms with E-state index in [1.54, 1.807) is 13.2 Å². The molecule has 0 heterocycles. The summed E-state index contributed by atoms with van der Waals surface area (Å²) in [5.41, 5.74) is 9.63. The number of rotatable bonds is 22. The Labute approximate surface area is 254 Å². The summed E-state index contributed by atoms with van der Waals surface area (Å²) in [5, 5.41) is 3.65. The fourth-order valence-corrected chi connectivity index (χ4v) is 7.80. The molecule has 1 rings (SSSR count). The monoisotopic (exact) mass is 603 g/mol. The van der Waals surface area contributed by atoms with Crippen LogP contribution in [0.3, 0.4) is 0 Å². The highest BCUT2D eigenvalue weighted by atomic mass is 28.4. The third-order valence-corrected chi connectivity index (χ3v) is 12.6. The topological polar surface area (TPSA) is 120 Å². The van der Waals surface area contributed by atoms with Gasteiger partial charge in [0.2, 0.25) is 0 Å². The van der Waals surface area contributed by atoms with Gasteiger partial charge in [0.15, 0.2) is 14.1 Å². The summed E-state index contributed by atoms with van der Waals surface area (Å²) in [4.78, 5) is 27.3. The van der Waals surface area contributed by atoms with Crippen molar-refractivity contribution in [2.45, 2.75) is 105 Å². The van der Waals surface area contributed by atoms with E-state index in [9.17, 15) is 9.59 Å². The summed E-state index contributed by atoms with van der Waals surface area (Å²) in [7, 11) is -0.430. The highest BCUT2D eigenvalue weighted by Gasteiger charge is 2.35. The summed E-state index contributed by atoms with van der Waals surface area (Å²) < 4.78 is 24.1. The smallest absolute Gasteiger partial charge is 0.302 e. The Morgan fingerprint density at radius 3 is 2.21 bits per heavy atom. The lowest BCUT2D eigenvalue weighted by Gasteiger charge is -2.36. The summed E-state index contributed by atoms with van der Waals surface area (Å²) >= 11 is 0. The van der Waals surface area contributed by atoms with Crippen LogP contribution in [0.25, 0.3) is 10.4 Å². The largest absolute Gasteiger partial charge is 0.497 e. The average Bonchev–Trinajstić information content (AvgIpc) is 2.98. The minimum atomic E-state index is -2.07. The molecule has 9 nitrogen and oxygen atoms in total. The molecule has 0 spiro atoms. The number of esters is 1. The molecular weight excluding hydrogens is 550 g/mol. The van der Waals surface area contributed by atoms with Crippen LogP contribution in [0.2, 0.25) is 18.1 Å². The van der Waals surface area contributed by atoms with Gasteiger partial charge in [-0.1, -0.05) is 64.9 Å². The fourth-order valence-electron chi connectivity index (χ4n) is 4.99. The van der Waals surface area contributed by atoms with Crippen LogP contribution in [0.4, 0.5) is 0 Å². The quantitative estimate of drug-likeness (QED) is 0.0330. The van der Waals surface area contributed by atoms with E-state index in [1.807, 2.05) is 44.2 Å². The molecule has 0 saturated carbocycles. The number of ketones is 1. The third kappa shape index (κ3) is 14.0. The molecule has 0 aliphatic heterocycles. The summed E-state index contributed by atoms with van der Waals surface area (Å²) in [6.45, 7) is 15.1. The van der Waals surface area contributed by atoms with Crippen LogP contribution in [0.1, 0.15) is 73.3 Å².